The van der Waals surface area contributed by atoms with Crippen LogP contribution in [0.15, 0.2) is 41.4 Å². The minimum atomic E-state index is -4.59. The Morgan fingerprint density at radius 2 is 2.00 bits per heavy atom. The second-order valence-corrected chi connectivity index (χ2v) is 12.2. The molecular weight excluding hydrogens is 591 g/mol. The molecule has 1 fully saturated rings. The molecule has 2 aromatic carbocycles. The number of halogens is 3. The molecule has 2 aromatic rings. The molecule has 1 spiro atoms. The number of aryl methyl sites for hydroxylation is 2. The van der Waals surface area contributed by atoms with Gasteiger partial charge in [0.15, 0.2) is 0 Å². The minimum Gasteiger partial charge on any atom is -0.493 e. The fourth-order valence-corrected chi connectivity index (χ4v) is 6.24. The van der Waals surface area contributed by atoms with Crippen molar-refractivity contribution < 1.29 is 27.5 Å². The van der Waals surface area contributed by atoms with Crippen molar-refractivity contribution in [3.05, 3.63) is 64.2 Å². The predicted octanol–water partition coefficient (Wildman–Crippen LogP) is 4.44. The first kappa shape index (κ1) is 33.4. The van der Waals surface area contributed by atoms with Gasteiger partial charge in [0.2, 0.25) is 0 Å². The van der Waals surface area contributed by atoms with Crippen LogP contribution in [0.4, 0.5) is 13.2 Å². The van der Waals surface area contributed by atoms with Gasteiger partial charge < -0.3 is 20.7 Å². The summed E-state index contributed by atoms with van der Waals surface area (Å²) in [7, 11) is 1.78. The maximum Gasteiger partial charge on any atom is 0.416 e. The second kappa shape index (κ2) is 14.5. The topological polar surface area (TPSA) is 100 Å². The van der Waals surface area contributed by atoms with Crippen molar-refractivity contribution in [1.82, 2.24) is 14.5 Å². The number of rotatable bonds is 12. The second-order valence-electron chi connectivity index (χ2n) is 11.0. The van der Waals surface area contributed by atoms with Gasteiger partial charge in [0.05, 0.1) is 12.2 Å². The van der Waals surface area contributed by atoms with Gasteiger partial charge in [-0.2, -0.15) is 13.2 Å². The Kier molecular flexibility index (Phi) is 11.0. The molecule has 2 amide bonds. The number of amidine groups is 1. The van der Waals surface area contributed by atoms with Gasteiger partial charge in [0, 0.05) is 50.0 Å². The predicted molar refractivity (Wildman–Crippen MR) is 167 cm³/mol. The third-order valence-electron chi connectivity index (χ3n) is 7.83. The van der Waals surface area contributed by atoms with Crippen molar-refractivity contribution in [1.29, 1.82) is 0 Å². The Morgan fingerprint density at radius 1 is 1.25 bits per heavy atom. The van der Waals surface area contributed by atoms with Crippen LogP contribution < -0.4 is 15.8 Å². The van der Waals surface area contributed by atoms with Crippen LogP contribution in [0.5, 0.6) is 5.75 Å². The molecule has 236 valence electrons. The summed E-state index contributed by atoms with van der Waals surface area (Å²) in [4.78, 5) is 32.1. The highest BCUT2D eigenvalue weighted by Crippen LogP contribution is 2.36. The highest BCUT2D eigenvalue weighted by molar-refractivity contribution is 7.97. The van der Waals surface area contributed by atoms with E-state index < -0.39 is 17.3 Å². The van der Waals surface area contributed by atoms with Crippen LogP contribution >= 0.6 is 11.9 Å². The molecule has 44 heavy (non-hydrogen) atoms. The maximum atomic E-state index is 13.6. The maximum absolute atomic E-state index is 13.6. The lowest BCUT2D eigenvalue weighted by Gasteiger charge is -2.34. The van der Waals surface area contributed by atoms with Crippen molar-refractivity contribution in [3.63, 3.8) is 0 Å². The number of carbonyl (C=O) groups excluding carboxylic acids is 2. The fourth-order valence-electron chi connectivity index (χ4n) is 5.23. The number of amides is 2. The molecule has 0 aliphatic carbocycles. The Balaban J connectivity index is 1.34. The fraction of sp³-hybridized carbons (Fsp3) is 0.469. The average Bonchev–Trinajstić information content (AvgIpc) is 3.32. The van der Waals surface area contributed by atoms with Gasteiger partial charge in [-0.1, -0.05) is 18.0 Å². The van der Waals surface area contributed by atoms with Crippen molar-refractivity contribution >= 4 is 29.6 Å². The number of piperidine rings is 1. The summed E-state index contributed by atoms with van der Waals surface area (Å²) in [5, 5.41) is 2.72. The number of nitrogens with one attached hydrogen (secondary N) is 1. The van der Waals surface area contributed by atoms with Crippen LogP contribution in [0.3, 0.4) is 0 Å². The number of nitrogens with two attached hydrogens (primary N) is 1. The Morgan fingerprint density at radius 3 is 2.66 bits per heavy atom. The summed E-state index contributed by atoms with van der Waals surface area (Å²) in [5.41, 5.74) is 6.68. The zero-order valence-electron chi connectivity index (χ0n) is 25.0. The van der Waals surface area contributed by atoms with E-state index in [2.05, 4.69) is 20.5 Å². The summed E-state index contributed by atoms with van der Waals surface area (Å²) in [6.45, 7) is 4.46. The van der Waals surface area contributed by atoms with E-state index in [9.17, 15) is 22.8 Å². The number of aliphatic imine (C=N–C) groups is 1. The number of hydrogen-bond acceptors (Lipinski definition) is 7. The first-order valence-electron chi connectivity index (χ1n) is 14.6. The molecule has 12 heteroatoms. The summed E-state index contributed by atoms with van der Waals surface area (Å²) >= 11 is 1.69. The largest absolute Gasteiger partial charge is 0.493 e. The molecule has 2 heterocycles. The Labute approximate surface area is 260 Å². The van der Waals surface area contributed by atoms with Crippen LogP contribution in [0.25, 0.3) is 0 Å². The number of hydrogen-bond donors (Lipinski definition) is 2. The molecule has 8 nitrogen and oxygen atoms in total. The SMILES string of the molecule is C#CCCOc1cc(C2=NC3(CCN(SCCc4ccc(C(=O)N(C)CCCN)cc4C)CC3)C(=O)N2)cc(C(F)(F)F)c1. The van der Waals surface area contributed by atoms with Gasteiger partial charge >= 0.3 is 6.18 Å². The summed E-state index contributed by atoms with van der Waals surface area (Å²) in [6.07, 6.45) is 3.36. The van der Waals surface area contributed by atoms with E-state index in [1.54, 1.807) is 23.9 Å². The number of carbonyl (C=O) groups is 2. The van der Waals surface area contributed by atoms with Gasteiger partial charge in [-0.05, 0) is 80.6 Å². The molecule has 0 saturated carbocycles. The van der Waals surface area contributed by atoms with Crippen molar-refractivity contribution in [3.8, 4) is 18.1 Å². The van der Waals surface area contributed by atoms with E-state index in [0.29, 0.717) is 44.6 Å². The molecule has 2 aliphatic heterocycles. The normalized spacial score (nSPS) is 16.4. The monoisotopic (exact) mass is 629 g/mol. The third kappa shape index (κ3) is 8.14. The first-order valence-corrected chi connectivity index (χ1v) is 15.5. The zero-order valence-corrected chi connectivity index (χ0v) is 25.8. The van der Waals surface area contributed by atoms with Crippen molar-refractivity contribution in [2.75, 3.05) is 45.6 Å². The van der Waals surface area contributed by atoms with E-state index in [1.807, 2.05) is 25.1 Å². The summed E-state index contributed by atoms with van der Waals surface area (Å²) in [6, 6.07) is 9.13. The molecular formula is C32H38F3N5O3S. The van der Waals surface area contributed by atoms with E-state index in [4.69, 9.17) is 16.9 Å². The molecule has 3 N–H and O–H groups in total. The molecule has 0 atom stereocenters. The number of nitrogens with zero attached hydrogens (tertiary/aromatic N) is 3. The van der Waals surface area contributed by atoms with Gasteiger partial charge in [0.25, 0.3) is 11.8 Å². The average molecular weight is 630 g/mol. The van der Waals surface area contributed by atoms with E-state index in [-0.39, 0.29) is 42.0 Å². The summed E-state index contributed by atoms with van der Waals surface area (Å²) < 4.78 is 48.4. The Hall–Kier alpha value is -3.53. The number of terminal acetylenes is 1. The van der Waals surface area contributed by atoms with Gasteiger partial charge in [-0.25, -0.2) is 0 Å². The van der Waals surface area contributed by atoms with Crippen LogP contribution in [0.1, 0.15) is 58.3 Å². The standard InChI is InChI=1S/C32H38F3N5O3S/c1-4-5-16-43-27-20-25(19-26(21-27)32(33,34)35)28-37-30(42)31(38-28)10-14-40(15-11-31)44-17-9-23-7-8-24(18-22(23)2)29(41)39(3)13-6-12-36/h1,7-8,18-21H,5-6,9-17,36H2,2-3H3,(H,37,38,42). The lowest BCUT2D eigenvalue weighted by molar-refractivity contribution is -0.137. The van der Waals surface area contributed by atoms with Gasteiger partial charge in [-0.15, -0.1) is 12.3 Å². The quantitative estimate of drug-likeness (QED) is 0.205. The third-order valence-corrected chi connectivity index (χ3v) is 8.95. The molecule has 0 unspecified atom stereocenters. The first-order chi connectivity index (χ1) is 21.0. The molecule has 0 aromatic heterocycles. The molecule has 1 saturated heterocycles. The van der Waals surface area contributed by atoms with Crippen LogP contribution in [-0.4, -0.2) is 78.0 Å². The molecule has 2 aliphatic rings. The lowest BCUT2D eigenvalue weighted by atomic mass is 9.89. The Bertz CT molecular complexity index is 1430. The molecule has 4 rings (SSSR count). The molecule has 0 radical (unpaired) electrons. The smallest absolute Gasteiger partial charge is 0.416 e. The highest BCUT2D eigenvalue weighted by Gasteiger charge is 2.46. The summed E-state index contributed by atoms with van der Waals surface area (Å²) in [5.74, 6) is 3.02. The van der Waals surface area contributed by atoms with Gasteiger partial charge in [0.1, 0.15) is 17.1 Å². The zero-order chi connectivity index (χ0) is 31.9. The highest BCUT2D eigenvalue weighted by atomic mass is 32.2. The van der Waals surface area contributed by atoms with Gasteiger partial charge in [-0.3, -0.25) is 18.9 Å². The van der Waals surface area contributed by atoms with Crippen LogP contribution in [-0.2, 0) is 17.4 Å². The number of ether oxygens (including phenoxy) is 1. The number of alkyl halides is 3. The molecule has 0 bridgehead atoms. The lowest BCUT2D eigenvalue weighted by Crippen LogP contribution is -2.47. The van der Waals surface area contributed by atoms with Crippen LogP contribution in [0.2, 0.25) is 0 Å². The van der Waals surface area contributed by atoms with E-state index in [0.717, 1.165) is 36.3 Å². The van der Waals surface area contributed by atoms with Crippen LogP contribution in [0, 0.1) is 19.3 Å². The van der Waals surface area contributed by atoms with E-state index >= 15 is 0 Å². The van der Waals surface area contributed by atoms with Crippen molar-refractivity contribution in [2.45, 2.75) is 50.7 Å². The number of benzene rings is 2. The van der Waals surface area contributed by atoms with Crippen molar-refractivity contribution in [2.24, 2.45) is 10.7 Å². The minimum absolute atomic E-state index is 0.0144. The van der Waals surface area contributed by atoms with E-state index in [1.165, 1.54) is 11.6 Å².